The van der Waals surface area contributed by atoms with Crippen LogP contribution in [0.4, 0.5) is 16.2 Å². The van der Waals surface area contributed by atoms with Crippen molar-refractivity contribution in [2.24, 2.45) is 5.11 Å². The summed E-state index contributed by atoms with van der Waals surface area (Å²) >= 11 is 0. The number of ether oxygens (including phenoxy) is 1. The second-order valence-electron chi connectivity index (χ2n) is 7.10. The number of carboxylic acid groups (broad SMARTS) is 1. The third kappa shape index (κ3) is 3.80. The fourth-order valence-electron chi connectivity index (χ4n) is 3.82. The van der Waals surface area contributed by atoms with Crippen LogP contribution in [0.25, 0.3) is 21.6 Å². The van der Waals surface area contributed by atoms with Crippen molar-refractivity contribution in [2.75, 3.05) is 18.6 Å². The summed E-state index contributed by atoms with van der Waals surface area (Å²) in [5.41, 5.74) is 13.3. The summed E-state index contributed by atoms with van der Waals surface area (Å²) in [6.45, 7) is 0.138. The topological polar surface area (TPSA) is 116 Å². The minimum absolute atomic E-state index is 0.0890. The SMILES string of the molecule is CN(C(=O)OCC1c2ccccc2-c2ccccc21)c1cc(N=[N+]=[N-])cc(C(=O)O)c1. The van der Waals surface area contributed by atoms with Crippen LogP contribution in [0.1, 0.15) is 27.4 Å². The molecule has 3 aromatic carbocycles. The molecule has 0 bridgehead atoms. The Hall–Kier alpha value is -4.29. The van der Waals surface area contributed by atoms with Gasteiger partial charge in [0.1, 0.15) is 6.61 Å². The summed E-state index contributed by atoms with van der Waals surface area (Å²) in [4.78, 5) is 28.0. The first-order valence-electron chi connectivity index (χ1n) is 9.52. The van der Waals surface area contributed by atoms with Gasteiger partial charge in [0.15, 0.2) is 0 Å². The molecule has 0 aliphatic heterocycles. The van der Waals surface area contributed by atoms with E-state index in [1.165, 1.54) is 30.1 Å². The molecule has 0 atom stereocenters. The van der Waals surface area contributed by atoms with E-state index in [9.17, 15) is 14.7 Å². The summed E-state index contributed by atoms with van der Waals surface area (Å²) in [5, 5.41) is 12.7. The molecule has 1 N–H and O–H groups in total. The van der Waals surface area contributed by atoms with E-state index in [-0.39, 0.29) is 29.5 Å². The van der Waals surface area contributed by atoms with E-state index in [2.05, 4.69) is 22.2 Å². The summed E-state index contributed by atoms with van der Waals surface area (Å²) in [6.07, 6.45) is -0.642. The fourth-order valence-corrected chi connectivity index (χ4v) is 3.82. The van der Waals surface area contributed by atoms with Crippen LogP contribution in [0.3, 0.4) is 0 Å². The predicted molar refractivity (Wildman–Crippen MR) is 116 cm³/mol. The van der Waals surface area contributed by atoms with Gasteiger partial charge in [0, 0.05) is 29.3 Å². The summed E-state index contributed by atoms with van der Waals surface area (Å²) in [6, 6.07) is 20.0. The summed E-state index contributed by atoms with van der Waals surface area (Å²) < 4.78 is 5.59. The highest BCUT2D eigenvalue weighted by Gasteiger charge is 2.29. The highest BCUT2D eigenvalue weighted by molar-refractivity contribution is 5.94. The number of rotatable bonds is 5. The largest absolute Gasteiger partial charge is 0.478 e. The minimum atomic E-state index is -1.20. The molecular formula is C23H18N4O4. The lowest BCUT2D eigenvalue weighted by atomic mass is 9.98. The molecule has 0 heterocycles. The van der Waals surface area contributed by atoms with E-state index in [0.29, 0.717) is 0 Å². The van der Waals surface area contributed by atoms with Gasteiger partial charge in [-0.25, -0.2) is 9.59 Å². The predicted octanol–water partition coefficient (Wildman–Crippen LogP) is 5.71. The number of nitrogens with zero attached hydrogens (tertiary/aromatic N) is 4. The quantitative estimate of drug-likeness (QED) is 0.327. The molecule has 1 amide bonds. The molecule has 1 aliphatic rings. The van der Waals surface area contributed by atoms with E-state index >= 15 is 0 Å². The van der Waals surface area contributed by atoms with Crippen molar-refractivity contribution in [3.8, 4) is 11.1 Å². The molecule has 4 rings (SSSR count). The van der Waals surface area contributed by atoms with Crippen molar-refractivity contribution in [1.29, 1.82) is 0 Å². The first-order valence-corrected chi connectivity index (χ1v) is 9.52. The molecule has 8 nitrogen and oxygen atoms in total. The Balaban J connectivity index is 1.56. The number of aromatic carboxylic acids is 1. The minimum Gasteiger partial charge on any atom is -0.478 e. The fraction of sp³-hybridized carbons (Fsp3) is 0.130. The van der Waals surface area contributed by atoms with Gasteiger partial charge in [-0.1, -0.05) is 53.6 Å². The molecule has 0 aromatic heterocycles. The van der Waals surface area contributed by atoms with Gasteiger partial charge in [0.25, 0.3) is 0 Å². The van der Waals surface area contributed by atoms with Crippen molar-refractivity contribution in [1.82, 2.24) is 0 Å². The van der Waals surface area contributed by atoms with Crippen LogP contribution in [0.15, 0.2) is 71.8 Å². The van der Waals surface area contributed by atoms with Crippen molar-refractivity contribution in [3.63, 3.8) is 0 Å². The molecule has 0 saturated carbocycles. The monoisotopic (exact) mass is 414 g/mol. The smallest absolute Gasteiger partial charge is 0.414 e. The average Bonchev–Trinajstić information content (AvgIpc) is 3.10. The van der Waals surface area contributed by atoms with Gasteiger partial charge in [0.05, 0.1) is 5.56 Å². The van der Waals surface area contributed by atoms with Gasteiger partial charge >= 0.3 is 12.1 Å². The number of carbonyl (C=O) groups excluding carboxylic acids is 1. The van der Waals surface area contributed by atoms with Gasteiger partial charge in [-0.3, -0.25) is 4.90 Å². The third-order valence-electron chi connectivity index (χ3n) is 5.31. The van der Waals surface area contributed by atoms with Crippen LogP contribution >= 0.6 is 0 Å². The second kappa shape index (κ2) is 8.22. The van der Waals surface area contributed by atoms with Crippen molar-refractivity contribution < 1.29 is 19.4 Å². The number of hydrogen-bond acceptors (Lipinski definition) is 4. The average molecular weight is 414 g/mol. The number of amides is 1. The van der Waals surface area contributed by atoms with Gasteiger partial charge < -0.3 is 9.84 Å². The van der Waals surface area contributed by atoms with Crippen LogP contribution in [0.5, 0.6) is 0 Å². The highest BCUT2D eigenvalue weighted by Crippen LogP contribution is 2.44. The van der Waals surface area contributed by atoms with Crippen LogP contribution in [0.2, 0.25) is 0 Å². The molecule has 0 spiro atoms. The number of anilines is 1. The van der Waals surface area contributed by atoms with E-state index < -0.39 is 12.1 Å². The number of azide groups is 1. The molecule has 31 heavy (non-hydrogen) atoms. The van der Waals surface area contributed by atoms with Crippen molar-refractivity contribution >= 4 is 23.4 Å². The number of fused-ring (bicyclic) bond motifs is 3. The van der Waals surface area contributed by atoms with E-state index in [1.807, 2.05) is 36.4 Å². The Morgan fingerprint density at radius 2 is 1.68 bits per heavy atom. The lowest BCUT2D eigenvalue weighted by Gasteiger charge is -2.20. The Kier molecular flexibility index (Phi) is 5.30. The normalized spacial score (nSPS) is 11.8. The van der Waals surface area contributed by atoms with Gasteiger partial charge in [-0.15, -0.1) is 0 Å². The van der Waals surface area contributed by atoms with Crippen LogP contribution in [-0.2, 0) is 4.74 Å². The lowest BCUT2D eigenvalue weighted by molar-refractivity contribution is 0.0696. The molecule has 8 heteroatoms. The van der Waals surface area contributed by atoms with Crippen molar-refractivity contribution in [3.05, 3.63) is 93.9 Å². The van der Waals surface area contributed by atoms with Gasteiger partial charge in [-0.2, -0.15) is 0 Å². The third-order valence-corrected chi connectivity index (χ3v) is 5.31. The maximum atomic E-state index is 12.7. The van der Waals surface area contributed by atoms with Crippen LogP contribution in [-0.4, -0.2) is 30.8 Å². The van der Waals surface area contributed by atoms with E-state index in [0.717, 1.165) is 22.3 Å². The molecule has 3 aromatic rings. The Bertz CT molecular complexity index is 1170. The van der Waals surface area contributed by atoms with Gasteiger partial charge in [-0.05, 0) is 46.0 Å². The maximum Gasteiger partial charge on any atom is 0.414 e. The molecule has 1 aliphatic carbocycles. The van der Waals surface area contributed by atoms with Crippen LogP contribution < -0.4 is 4.90 Å². The van der Waals surface area contributed by atoms with Crippen molar-refractivity contribution in [2.45, 2.75) is 5.92 Å². The summed E-state index contributed by atoms with van der Waals surface area (Å²) in [7, 11) is 1.47. The van der Waals surface area contributed by atoms with Gasteiger partial charge in [0.2, 0.25) is 0 Å². The number of carbonyl (C=O) groups is 2. The molecule has 0 saturated heterocycles. The Labute approximate surface area is 177 Å². The Morgan fingerprint density at radius 1 is 1.06 bits per heavy atom. The zero-order valence-electron chi connectivity index (χ0n) is 16.6. The van der Waals surface area contributed by atoms with E-state index in [1.54, 1.807) is 0 Å². The lowest BCUT2D eigenvalue weighted by Crippen LogP contribution is -2.28. The van der Waals surface area contributed by atoms with Crippen LogP contribution in [0, 0.1) is 0 Å². The maximum absolute atomic E-state index is 12.7. The number of benzene rings is 3. The molecule has 0 radical (unpaired) electrons. The molecule has 0 fully saturated rings. The molecule has 0 unspecified atom stereocenters. The Morgan fingerprint density at radius 3 is 2.26 bits per heavy atom. The standard InChI is InChI=1S/C23H18N4O4/c1-27(16-11-14(22(28)29)10-15(12-16)25-26-24)23(30)31-13-21-19-8-4-2-6-17(19)18-7-3-5-9-20(18)21/h2-12,21H,13H2,1H3,(H,28,29). The number of carboxylic acids is 1. The highest BCUT2D eigenvalue weighted by atomic mass is 16.6. The van der Waals surface area contributed by atoms with E-state index in [4.69, 9.17) is 10.3 Å². The first-order chi connectivity index (χ1) is 15.0. The summed E-state index contributed by atoms with van der Waals surface area (Å²) in [5.74, 6) is -1.29. The second-order valence-corrected chi connectivity index (χ2v) is 7.10. The zero-order valence-corrected chi connectivity index (χ0v) is 16.6. The number of hydrogen-bond donors (Lipinski definition) is 1. The molecular weight excluding hydrogens is 396 g/mol. The molecule has 154 valence electrons. The first kappa shape index (κ1) is 20.0. The zero-order chi connectivity index (χ0) is 22.0.